The number of aryl methyl sites for hydroxylation is 2. The van der Waals surface area contributed by atoms with Crippen LogP contribution in [0.15, 0.2) is 53.5 Å². The Hall–Kier alpha value is -1.41. The first-order chi connectivity index (χ1) is 12.6. The van der Waals surface area contributed by atoms with Crippen molar-refractivity contribution >= 4 is 40.7 Å². The van der Waals surface area contributed by atoms with Crippen molar-refractivity contribution in [3.8, 4) is 0 Å². The van der Waals surface area contributed by atoms with Crippen LogP contribution in [0.5, 0.6) is 0 Å². The molecule has 0 saturated carbocycles. The molecule has 2 rings (SSSR count). The fourth-order valence-corrected chi connectivity index (χ4v) is 3.68. The minimum Gasteiger partial charge on any atom is -0.357 e. The van der Waals surface area contributed by atoms with Gasteiger partial charge in [-0.1, -0.05) is 54.1 Å². The largest absolute Gasteiger partial charge is 0.357 e. The number of guanidine groups is 1. The maximum absolute atomic E-state index is 12.2. The van der Waals surface area contributed by atoms with Crippen molar-refractivity contribution in [2.45, 2.75) is 33.1 Å². The Kier molecular flexibility index (Phi) is 11.3. The number of benzene rings is 2. The van der Waals surface area contributed by atoms with E-state index in [-0.39, 0.29) is 24.0 Å². The lowest BCUT2D eigenvalue weighted by Gasteiger charge is -2.12. The van der Waals surface area contributed by atoms with Crippen LogP contribution in [0.1, 0.15) is 29.2 Å². The zero-order chi connectivity index (χ0) is 18.8. The number of aliphatic imine (C=N–C) groups is 1. The zero-order valence-electron chi connectivity index (χ0n) is 16.3. The second kappa shape index (κ2) is 12.9. The summed E-state index contributed by atoms with van der Waals surface area (Å²) in [5.41, 5.74) is 4.86. The number of hydrogen-bond acceptors (Lipinski definition) is 2. The molecule has 2 aromatic carbocycles. The van der Waals surface area contributed by atoms with Gasteiger partial charge in [0.15, 0.2) is 5.96 Å². The summed E-state index contributed by atoms with van der Waals surface area (Å²) in [4.78, 5) is 4.65. The van der Waals surface area contributed by atoms with Gasteiger partial charge in [0, 0.05) is 35.4 Å². The maximum atomic E-state index is 12.2. The highest BCUT2D eigenvalue weighted by Crippen LogP contribution is 2.11. The standard InChI is InChI=1S/C21H29N3OS.HI/c1-4-22-21(24-15-20-11-10-17(2)14-18(20)3)23-12-13-26(25)16-19-8-6-5-7-9-19;/h5-11,14H,4,12-13,15-16H2,1-3H3,(H2,22,23,24);1H. The van der Waals surface area contributed by atoms with E-state index in [1.807, 2.05) is 37.3 Å². The molecule has 0 aliphatic heterocycles. The first kappa shape index (κ1) is 23.6. The van der Waals surface area contributed by atoms with Gasteiger partial charge in [-0.25, -0.2) is 4.99 Å². The molecule has 27 heavy (non-hydrogen) atoms. The Morgan fingerprint density at radius 2 is 1.81 bits per heavy atom. The van der Waals surface area contributed by atoms with Gasteiger partial charge in [0.05, 0.1) is 6.54 Å². The second-order valence-electron chi connectivity index (χ2n) is 6.33. The summed E-state index contributed by atoms with van der Waals surface area (Å²) in [6, 6.07) is 16.4. The van der Waals surface area contributed by atoms with E-state index in [0.717, 1.165) is 18.1 Å². The molecule has 0 bridgehead atoms. The normalized spacial score (nSPS) is 12.2. The van der Waals surface area contributed by atoms with Crippen LogP contribution in [0, 0.1) is 13.8 Å². The summed E-state index contributed by atoms with van der Waals surface area (Å²) in [5.74, 6) is 1.96. The van der Waals surface area contributed by atoms with E-state index in [1.165, 1.54) is 16.7 Å². The van der Waals surface area contributed by atoms with Crippen molar-refractivity contribution < 1.29 is 4.21 Å². The molecule has 0 radical (unpaired) electrons. The summed E-state index contributed by atoms with van der Waals surface area (Å²) in [6.07, 6.45) is 0. The van der Waals surface area contributed by atoms with Crippen molar-refractivity contribution in [1.29, 1.82) is 0 Å². The number of rotatable bonds is 8. The molecule has 4 nitrogen and oxygen atoms in total. The smallest absolute Gasteiger partial charge is 0.191 e. The molecule has 1 atom stereocenters. The Morgan fingerprint density at radius 1 is 1.07 bits per heavy atom. The van der Waals surface area contributed by atoms with E-state index in [2.05, 4.69) is 47.7 Å². The lowest BCUT2D eigenvalue weighted by molar-refractivity contribution is 0.680. The summed E-state index contributed by atoms with van der Waals surface area (Å²) in [5, 5.41) is 6.53. The summed E-state index contributed by atoms with van der Waals surface area (Å²) in [7, 11) is -0.883. The highest BCUT2D eigenvalue weighted by molar-refractivity contribution is 14.0. The molecule has 1 unspecified atom stereocenters. The van der Waals surface area contributed by atoms with E-state index in [0.29, 0.717) is 24.6 Å². The molecule has 0 aliphatic carbocycles. The van der Waals surface area contributed by atoms with Crippen LogP contribution in [0.25, 0.3) is 0 Å². The highest BCUT2D eigenvalue weighted by Gasteiger charge is 2.04. The lowest BCUT2D eigenvalue weighted by Crippen LogP contribution is -2.39. The molecule has 6 heteroatoms. The fourth-order valence-electron chi connectivity index (χ4n) is 2.64. The molecule has 2 N–H and O–H groups in total. The highest BCUT2D eigenvalue weighted by atomic mass is 127. The van der Waals surface area contributed by atoms with Gasteiger partial charge < -0.3 is 10.6 Å². The Labute approximate surface area is 182 Å². The van der Waals surface area contributed by atoms with Gasteiger partial charge in [-0.05, 0) is 37.5 Å². The fraction of sp³-hybridized carbons (Fsp3) is 0.381. The molecular formula is C21H30IN3OS. The van der Waals surface area contributed by atoms with Crippen LogP contribution in [-0.2, 0) is 23.1 Å². The van der Waals surface area contributed by atoms with Crippen LogP contribution in [0.2, 0.25) is 0 Å². The minimum atomic E-state index is -0.883. The van der Waals surface area contributed by atoms with Crippen LogP contribution in [-0.4, -0.2) is 29.0 Å². The molecule has 0 aliphatic rings. The minimum absolute atomic E-state index is 0. The van der Waals surface area contributed by atoms with Crippen LogP contribution in [0.4, 0.5) is 0 Å². The molecule has 2 aromatic rings. The van der Waals surface area contributed by atoms with E-state index >= 15 is 0 Å². The predicted molar refractivity (Wildman–Crippen MR) is 127 cm³/mol. The SMILES string of the molecule is CCNC(=NCc1ccc(C)cc1C)NCCS(=O)Cc1ccccc1.I. The van der Waals surface area contributed by atoms with E-state index in [1.54, 1.807) is 0 Å². The van der Waals surface area contributed by atoms with Crippen molar-refractivity contribution in [2.75, 3.05) is 18.8 Å². The monoisotopic (exact) mass is 499 g/mol. The molecule has 0 saturated heterocycles. The molecule has 0 spiro atoms. The maximum Gasteiger partial charge on any atom is 0.191 e. The van der Waals surface area contributed by atoms with Gasteiger partial charge >= 0.3 is 0 Å². The molecule has 0 aromatic heterocycles. The Balaban J connectivity index is 0.00000364. The average Bonchev–Trinajstić information content (AvgIpc) is 2.61. The molecular weight excluding hydrogens is 469 g/mol. The molecule has 0 heterocycles. The third-order valence-corrected chi connectivity index (χ3v) is 5.36. The summed E-state index contributed by atoms with van der Waals surface area (Å²) in [6.45, 7) is 8.33. The van der Waals surface area contributed by atoms with Crippen molar-refractivity contribution in [2.24, 2.45) is 4.99 Å². The van der Waals surface area contributed by atoms with Gasteiger partial charge in [-0.3, -0.25) is 4.21 Å². The van der Waals surface area contributed by atoms with Gasteiger partial charge in [-0.15, -0.1) is 24.0 Å². The van der Waals surface area contributed by atoms with Crippen LogP contribution < -0.4 is 10.6 Å². The van der Waals surface area contributed by atoms with Crippen molar-refractivity contribution in [1.82, 2.24) is 10.6 Å². The van der Waals surface area contributed by atoms with E-state index in [4.69, 9.17) is 0 Å². The Bertz CT molecular complexity index is 750. The molecule has 0 amide bonds. The zero-order valence-corrected chi connectivity index (χ0v) is 19.5. The summed E-state index contributed by atoms with van der Waals surface area (Å²) >= 11 is 0. The first-order valence-electron chi connectivity index (χ1n) is 9.05. The van der Waals surface area contributed by atoms with Gasteiger partial charge in [0.2, 0.25) is 0 Å². The molecule has 0 fully saturated rings. The van der Waals surface area contributed by atoms with Crippen molar-refractivity contribution in [3.05, 3.63) is 70.8 Å². The number of hydrogen-bond donors (Lipinski definition) is 2. The first-order valence-corrected chi connectivity index (χ1v) is 10.5. The van der Waals surface area contributed by atoms with Crippen molar-refractivity contribution in [3.63, 3.8) is 0 Å². The number of nitrogens with one attached hydrogen (secondary N) is 2. The number of nitrogens with zero attached hydrogens (tertiary/aromatic N) is 1. The third-order valence-electron chi connectivity index (χ3n) is 4.04. The molecule has 148 valence electrons. The predicted octanol–water partition coefficient (Wildman–Crippen LogP) is 3.93. The Morgan fingerprint density at radius 3 is 2.48 bits per heavy atom. The second-order valence-corrected chi connectivity index (χ2v) is 7.90. The number of halogens is 1. The van der Waals surface area contributed by atoms with Crippen LogP contribution in [0.3, 0.4) is 0 Å². The van der Waals surface area contributed by atoms with Gasteiger partial charge in [-0.2, -0.15) is 0 Å². The van der Waals surface area contributed by atoms with Gasteiger partial charge in [0.1, 0.15) is 0 Å². The van der Waals surface area contributed by atoms with Gasteiger partial charge in [0.25, 0.3) is 0 Å². The van der Waals surface area contributed by atoms with E-state index in [9.17, 15) is 4.21 Å². The average molecular weight is 499 g/mol. The van der Waals surface area contributed by atoms with Crippen LogP contribution >= 0.6 is 24.0 Å². The van der Waals surface area contributed by atoms with E-state index < -0.39 is 10.8 Å². The quantitative estimate of drug-likeness (QED) is 0.329. The topological polar surface area (TPSA) is 53.5 Å². The summed E-state index contributed by atoms with van der Waals surface area (Å²) < 4.78 is 12.2. The third kappa shape index (κ3) is 8.88. The lowest BCUT2D eigenvalue weighted by atomic mass is 10.1.